The summed E-state index contributed by atoms with van der Waals surface area (Å²) in [5.41, 5.74) is 1.62. The van der Waals surface area contributed by atoms with Crippen LogP contribution in [0.1, 0.15) is 10.7 Å². The standard InChI is InChI=1S/C25H33PSi2/c1-27(2,3)25(28(4,5)6)23-19-13-14-20-24(23)26(21-15-9-7-10-16-21)22-17-11-8-12-18-22/h7-20,25H,1-6H3. The summed E-state index contributed by atoms with van der Waals surface area (Å²) >= 11 is 0. The van der Waals surface area contributed by atoms with Crippen LogP contribution in [-0.2, 0) is 0 Å². The van der Waals surface area contributed by atoms with Crippen molar-refractivity contribution in [2.45, 2.75) is 44.4 Å². The second kappa shape index (κ2) is 8.49. The molecule has 3 rings (SSSR count). The summed E-state index contributed by atoms with van der Waals surface area (Å²) in [4.78, 5) is 0. The van der Waals surface area contributed by atoms with Gasteiger partial charge >= 0.3 is 0 Å². The van der Waals surface area contributed by atoms with E-state index in [1.165, 1.54) is 10.6 Å². The van der Waals surface area contributed by atoms with Crippen molar-refractivity contribution in [1.82, 2.24) is 0 Å². The molecule has 0 fully saturated rings. The van der Waals surface area contributed by atoms with Crippen LogP contribution < -0.4 is 15.9 Å². The molecule has 3 heteroatoms. The van der Waals surface area contributed by atoms with Gasteiger partial charge in [0, 0.05) is 16.1 Å². The molecule has 0 bridgehead atoms. The Bertz CT molecular complexity index is 840. The van der Waals surface area contributed by atoms with Crippen molar-refractivity contribution in [3.05, 3.63) is 90.5 Å². The van der Waals surface area contributed by atoms with E-state index in [-0.39, 0.29) is 0 Å². The first kappa shape index (κ1) is 21.2. The van der Waals surface area contributed by atoms with Crippen LogP contribution in [0, 0.1) is 0 Å². The van der Waals surface area contributed by atoms with Gasteiger partial charge in [-0.3, -0.25) is 0 Å². The fourth-order valence-electron chi connectivity index (χ4n) is 4.75. The molecule has 0 amide bonds. The Morgan fingerprint density at radius 1 is 0.536 bits per heavy atom. The maximum atomic E-state index is 2.56. The normalized spacial score (nSPS) is 12.6. The Kier molecular flexibility index (Phi) is 6.44. The predicted octanol–water partition coefficient (Wildman–Crippen LogP) is 6.28. The van der Waals surface area contributed by atoms with Gasteiger partial charge in [-0.2, -0.15) is 0 Å². The van der Waals surface area contributed by atoms with Crippen LogP contribution in [0.3, 0.4) is 0 Å². The van der Waals surface area contributed by atoms with Gasteiger partial charge in [0.05, 0.1) is 0 Å². The molecular weight excluding hydrogens is 387 g/mol. The van der Waals surface area contributed by atoms with Crippen molar-refractivity contribution in [2.24, 2.45) is 0 Å². The monoisotopic (exact) mass is 420 g/mol. The van der Waals surface area contributed by atoms with E-state index in [4.69, 9.17) is 0 Å². The van der Waals surface area contributed by atoms with E-state index in [9.17, 15) is 0 Å². The molecule has 0 aliphatic carbocycles. The van der Waals surface area contributed by atoms with Crippen LogP contribution >= 0.6 is 7.92 Å². The summed E-state index contributed by atoms with van der Waals surface area (Å²) in [7, 11) is -3.29. The highest BCUT2D eigenvalue weighted by Gasteiger charge is 2.40. The minimum atomic E-state index is -1.37. The average molecular weight is 421 g/mol. The van der Waals surface area contributed by atoms with E-state index in [1.807, 2.05) is 0 Å². The zero-order valence-electron chi connectivity index (χ0n) is 18.1. The van der Waals surface area contributed by atoms with Crippen LogP contribution in [-0.4, -0.2) is 16.1 Å². The fraction of sp³-hybridized carbons (Fsp3) is 0.280. The largest absolute Gasteiger partial charge is 0.0693 e. The maximum absolute atomic E-state index is 2.56. The van der Waals surface area contributed by atoms with Crippen molar-refractivity contribution >= 4 is 40.0 Å². The highest BCUT2D eigenvalue weighted by molar-refractivity contribution is 7.80. The van der Waals surface area contributed by atoms with Crippen molar-refractivity contribution in [3.8, 4) is 0 Å². The molecule has 0 nitrogen and oxygen atoms in total. The second-order valence-electron chi connectivity index (χ2n) is 9.73. The third-order valence-electron chi connectivity index (χ3n) is 5.25. The zero-order chi connectivity index (χ0) is 20.4. The third kappa shape index (κ3) is 4.74. The Morgan fingerprint density at radius 3 is 1.36 bits per heavy atom. The average Bonchev–Trinajstić information content (AvgIpc) is 2.63. The Balaban J connectivity index is 2.26. The first-order valence-corrected chi connectivity index (χ1v) is 18.7. The molecule has 0 unspecified atom stereocenters. The van der Waals surface area contributed by atoms with Crippen LogP contribution in [0.5, 0.6) is 0 Å². The van der Waals surface area contributed by atoms with E-state index in [2.05, 4.69) is 124 Å². The van der Waals surface area contributed by atoms with Crippen LogP contribution in [0.4, 0.5) is 0 Å². The van der Waals surface area contributed by atoms with Crippen LogP contribution in [0.2, 0.25) is 39.3 Å². The van der Waals surface area contributed by atoms with Crippen molar-refractivity contribution < 1.29 is 0 Å². The lowest BCUT2D eigenvalue weighted by Gasteiger charge is -2.41. The van der Waals surface area contributed by atoms with Gasteiger partial charge in [-0.15, -0.1) is 0 Å². The van der Waals surface area contributed by atoms with Gasteiger partial charge in [0.25, 0.3) is 0 Å². The topological polar surface area (TPSA) is 0 Å². The Morgan fingerprint density at radius 2 is 0.929 bits per heavy atom. The highest BCUT2D eigenvalue weighted by Crippen LogP contribution is 2.41. The van der Waals surface area contributed by atoms with Gasteiger partial charge < -0.3 is 0 Å². The molecule has 3 aromatic rings. The second-order valence-corrected chi connectivity index (χ2v) is 23.1. The molecule has 0 atom stereocenters. The number of hydrogen-bond acceptors (Lipinski definition) is 0. The predicted molar refractivity (Wildman–Crippen MR) is 135 cm³/mol. The summed E-state index contributed by atoms with van der Waals surface area (Å²) in [6.07, 6.45) is 0. The lowest BCUT2D eigenvalue weighted by Crippen LogP contribution is -2.48. The minimum Gasteiger partial charge on any atom is -0.0693 e. The maximum Gasteiger partial charge on any atom is 0.0493 e. The molecule has 0 saturated heterocycles. The molecule has 0 aliphatic heterocycles. The number of hydrogen-bond donors (Lipinski definition) is 0. The van der Waals surface area contributed by atoms with Crippen LogP contribution in [0.15, 0.2) is 84.9 Å². The van der Waals surface area contributed by atoms with Gasteiger partial charge in [0.1, 0.15) is 0 Å². The zero-order valence-corrected chi connectivity index (χ0v) is 21.0. The molecule has 28 heavy (non-hydrogen) atoms. The molecule has 3 aromatic carbocycles. The summed E-state index contributed by atoms with van der Waals surface area (Å²) in [6.45, 7) is 15.3. The van der Waals surface area contributed by atoms with E-state index >= 15 is 0 Å². The summed E-state index contributed by atoms with van der Waals surface area (Å²) in [6, 6.07) is 31.6. The summed E-state index contributed by atoms with van der Waals surface area (Å²) in [5, 5.41) is 5.19. The summed E-state index contributed by atoms with van der Waals surface area (Å²) in [5.74, 6) is 0. The Hall–Kier alpha value is -1.48. The van der Waals surface area contributed by atoms with E-state index in [0.29, 0.717) is 0 Å². The molecule has 0 heterocycles. The van der Waals surface area contributed by atoms with Crippen molar-refractivity contribution in [3.63, 3.8) is 0 Å². The third-order valence-corrected chi connectivity index (χ3v) is 17.0. The SMILES string of the molecule is C[Si](C)(C)C(c1ccccc1P(c1ccccc1)c1ccccc1)[Si](C)(C)C. The molecule has 0 aliphatic rings. The number of benzene rings is 3. The first-order chi connectivity index (χ1) is 13.2. The Labute approximate surface area is 174 Å². The molecule has 0 saturated carbocycles. The number of rotatable bonds is 6. The fourth-order valence-corrected chi connectivity index (χ4v) is 20.2. The van der Waals surface area contributed by atoms with Gasteiger partial charge in [-0.05, 0) is 34.6 Å². The highest BCUT2D eigenvalue weighted by atomic mass is 31.1. The van der Waals surface area contributed by atoms with E-state index < -0.39 is 24.1 Å². The van der Waals surface area contributed by atoms with Crippen molar-refractivity contribution in [1.29, 1.82) is 0 Å². The first-order valence-electron chi connectivity index (χ1n) is 10.2. The molecule has 146 valence electrons. The molecule has 0 aromatic heterocycles. The smallest absolute Gasteiger partial charge is 0.0493 e. The van der Waals surface area contributed by atoms with Crippen molar-refractivity contribution in [2.75, 3.05) is 0 Å². The van der Waals surface area contributed by atoms with E-state index in [1.54, 1.807) is 10.9 Å². The lowest BCUT2D eigenvalue weighted by molar-refractivity contribution is 1.19. The van der Waals surface area contributed by atoms with E-state index in [0.717, 1.165) is 5.16 Å². The minimum absolute atomic E-state index is 0.549. The quantitative estimate of drug-likeness (QED) is 0.325. The molecule has 0 N–H and O–H groups in total. The van der Waals surface area contributed by atoms with Gasteiger partial charge in [-0.1, -0.05) is 124 Å². The van der Waals surface area contributed by atoms with Gasteiger partial charge in [0.15, 0.2) is 0 Å². The molecule has 0 spiro atoms. The molecule has 0 radical (unpaired) electrons. The molecular formula is C25H33PSi2. The van der Waals surface area contributed by atoms with Gasteiger partial charge in [0.2, 0.25) is 0 Å². The van der Waals surface area contributed by atoms with Gasteiger partial charge in [-0.25, -0.2) is 0 Å². The summed E-state index contributed by atoms with van der Waals surface area (Å²) < 4.78 is 0. The van der Waals surface area contributed by atoms with Crippen LogP contribution in [0.25, 0.3) is 0 Å². The lowest BCUT2D eigenvalue weighted by atomic mass is 10.2.